The first-order valence-electron chi connectivity index (χ1n) is 9.51. The molecule has 0 radical (unpaired) electrons. The Kier molecular flexibility index (Phi) is 4.63. The summed E-state index contributed by atoms with van der Waals surface area (Å²) in [7, 11) is 3.93. The monoisotopic (exact) mass is 366 g/mol. The molecule has 0 amide bonds. The normalized spacial score (nSPS) is 17.7. The van der Waals surface area contributed by atoms with Gasteiger partial charge in [0.25, 0.3) is 0 Å². The van der Waals surface area contributed by atoms with Crippen LogP contribution in [-0.2, 0) is 0 Å². The number of rotatable bonds is 4. The van der Waals surface area contributed by atoms with E-state index in [0.717, 1.165) is 49.2 Å². The van der Waals surface area contributed by atoms with Crippen LogP contribution in [0.25, 0.3) is 5.65 Å². The van der Waals surface area contributed by atoms with Crippen molar-refractivity contribution in [1.29, 1.82) is 0 Å². The zero-order valence-electron chi connectivity index (χ0n) is 16.4. The van der Waals surface area contributed by atoms with E-state index in [-0.39, 0.29) is 5.92 Å². The average molecular weight is 366 g/mol. The van der Waals surface area contributed by atoms with Gasteiger partial charge in [-0.05, 0) is 25.0 Å². The van der Waals surface area contributed by atoms with E-state index in [9.17, 15) is 0 Å². The standard InChI is InChI=1S/C19H26N8/c1-13(2)16-20-18(25(3)4)22-19(21-16)26-10-7-8-14(12-26)17-24-23-15-9-5-6-11-27(15)17/h5-6,9,11,13-14H,7-8,10,12H2,1-4H3. The van der Waals surface area contributed by atoms with Crippen molar-refractivity contribution in [3.8, 4) is 0 Å². The molecule has 1 aliphatic heterocycles. The maximum Gasteiger partial charge on any atom is 0.230 e. The second kappa shape index (κ2) is 7.09. The van der Waals surface area contributed by atoms with Gasteiger partial charge in [0.2, 0.25) is 11.9 Å². The summed E-state index contributed by atoms with van der Waals surface area (Å²) in [5.74, 6) is 3.87. The van der Waals surface area contributed by atoms with E-state index in [1.54, 1.807) is 0 Å². The van der Waals surface area contributed by atoms with E-state index in [1.165, 1.54) is 0 Å². The predicted octanol–water partition coefficient (Wildman–Crippen LogP) is 2.49. The van der Waals surface area contributed by atoms with Gasteiger partial charge in [-0.2, -0.15) is 15.0 Å². The lowest BCUT2D eigenvalue weighted by Crippen LogP contribution is -2.37. The van der Waals surface area contributed by atoms with E-state index < -0.39 is 0 Å². The number of hydrogen-bond donors (Lipinski definition) is 0. The van der Waals surface area contributed by atoms with Crippen LogP contribution in [0.3, 0.4) is 0 Å². The van der Waals surface area contributed by atoms with Crippen LogP contribution >= 0.6 is 0 Å². The van der Waals surface area contributed by atoms with Crippen molar-refractivity contribution in [1.82, 2.24) is 29.5 Å². The third-order valence-electron chi connectivity index (χ3n) is 4.95. The molecule has 4 heterocycles. The van der Waals surface area contributed by atoms with Gasteiger partial charge in [0.15, 0.2) is 5.65 Å². The Hall–Kier alpha value is -2.77. The minimum Gasteiger partial charge on any atom is -0.347 e. The molecule has 1 unspecified atom stereocenters. The van der Waals surface area contributed by atoms with E-state index in [2.05, 4.69) is 38.3 Å². The Morgan fingerprint density at radius 1 is 1.11 bits per heavy atom. The van der Waals surface area contributed by atoms with Crippen LogP contribution in [0, 0.1) is 0 Å². The van der Waals surface area contributed by atoms with E-state index in [4.69, 9.17) is 9.97 Å². The van der Waals surface area contributed by atoms with Gasteiger partial charge in [-0.3, -0.25) is 4.40 Å². The number of aromatic nitrogens is 6. The van der Waals surface area contributed by atoms with Gasteiger partial charge in [-0.25, -0.2) is 0 Å². The van der Waals surface area contributed by atoms with Gasteiger partial charge < -0.3 is 9.80 Å². The van der Waals surface area contributed by atoms with Crippen molar-refractivity contribution < 1.29 is 0 Å². The Balaban J connectivity index is 1.65. The molecular weight excluding hydrogens is 340 g/mol. The minimum atomic E-state index is 0.256. The second-order valence-electron chi connectivity index (χ2n) is 7.61. The summed E-state index contributed by atoms with van der Waals surface area (Å²) < 4.78 is 2.09. The van der Waals surface area contributed by atoms with E-state index >= 15 is 0 Å². The average Bonchev–Trinajstić information content (AvgIpc) is 3.12. The first kappa shape index (κ1) is 17.6. The first-order chi connectivity index (χ1) is 13.0. The summed E-state index contributed by atoms with van der Waals surface area (Å²) in [6.07, 6.45) is 4.20. The highest BCUT2D eigenvalue weighted by Crippen LogP contribution is 2.29. The number of pyridine rings is 1. The molecule has 1 saturated heterocycles. The number of hydrogen-bond acceptors (Lipinski definition) is 7. The molecule has 0 aromatic carbocycles. The van der Waals surface area contributed by atoms with Crippen LogP contribution < -0.4 is 9.80 Å². The van der Waals surface area contributed by atoms with Gasteiger partial charge in [0.05, 0.1) is 0 Å². The number of nitrogens with zero attached hydrogens (tertiary/aromatic N) is 8. The lowest BCUT2D eigenvalue weighted by Gasteiger charge is -2.32. The van der Waals surface area contributed by atoms with E-state index in [1.807, 2.05) is 43.4 Å². The quantitative estimate of drug-likeness (QED) is 0.702. The van der Waals surface area contributed by atoms with Crippen LogP contribution in [0.15, 0.2) is 24.4 Å². The SMILES string of the molecule is CC(C)c1nc(N(C)C)nc(N2CCCC(c3nnc4ccccn34)C2)n1. The number of fused-ring (bicyclic) bond motifs is 1. The van der Waals surface area contributed by atoms with E-state index in [0.29, 0.717) is 11.9 Å². The van der Waals surface area contributed by atoms with Crippen molar-refractivity contribution in [2.45, 2.75) is 38.5 Å². The van der Waals surface area contributed by atoms with Crippen LogP contribution in [0.4, 0.5) is 11.9 Å². The highest BCUT2D eigenvalue weighted by molar-refractivity contribution is 5.41. The summed E-state index contributed by atoms with van der Waals surface area (Å²) in [5, 5.41) is 8.78. The number of anilines is 2. The van der Waals surface area contributed by atoms with Crippen molar-refractivity contribution in [3.05, 3.63) is 36.0 Å². The van der Waals surface area contributed by atoms with Crippen molar-refractivity contribution in [2.24, 2.45) is 0 Å². The molecule has 3 aromatic heterocycles. The molecule has 1 fully saturated rings. The van der Waals surface area contributed by atoms with Gasteiger partial charge in [0, 0.05) is 45.2 Å². The Labute approximate surface area is 159 Å². The molecule has 0 bridgehead atoms. The minimum absolute atomic E-state index is 0.256. The third-order valence-corrected chi connectivity index (χ3v) is 4.95. The maximum absolute atomic E-state index is 4.75. The summed E-state index contributed by atoms with van der Waals surface area (Å²) in [5.41, 5.74) is 0.891. The lowest BCUT2D eigenvalue weighted by molar-refractivity contribution is 0.481. The van der Waals surface area contributed by atoms with Gasteiger partial charge in [0.1, 0.15) is 11.6 Å². The van der Waals surface area contributed by atoms with Gasteiger partial charge in [-0.15, -0.1) is 10.2 Å². The lowest BCUT2D eigenvalue weighted by atomic mass is 9.97. The Bertz CT molecular complexity index is 906. The van der Waals surface area contributed by atoms with Crippen LogP contribution in [0.5, 0.6) is 0 Å². The molecule has 8 nitrogen and oxygen atoms in total. The number of piperidine rings is 1. The molecule has 27 heavy (non-hydrogen) atoms. The summed E-state index contributed by atoms with van der Waals surface area (Å²) >= 11 is 0. The summed E-state index contributed by atoms with van der Waals surface area (Å²) in [6, 6.07) is 5.99. The summed E-state index contributed by atoms with van der Waals surface area (Å²) in [4.78, 5) is 18.2. The van der Waals surface area contributed by atoms with Crippen LogP contribution in [-0.4, -0.2) is 56.7 Å². The molecular formula is C19H26N8. The predicted molar refractivity (Wildman–Crippen MR) is 105 cm³/mol. The molecule has 3 aromatic rings. The van der Waals surface area contributed by atoms with Crippen LogP contribution in [0.2, 0.25) is 0 Å². The molecule has 8 heteroatoms. The molecule has 1 aliphatic rings. The fraction of sp³-hybridized carbons (Fsp3) is 0.526. The highest BCUT2D eigenvalue weighted by atomic mass is 15.3. The molecule has 1 atom stereocenters. The molecule has 0 saturated carbocycles. The second-order valence-corrected chi connectivity index (χ2v) is 7.61. The first-order valence-corrected chi connectivity index (χ1v) is 9.51. The molecule has 0 N–H and O–H groups in total. The zero-order valence-corrected chi connectivity index (χ0v) is 16.4. The third kappa shape index (κ3) is 3.43. The zero-order chi connectivity index (χ0) is 19.0. The Morgan fingerprint density at radius 3 is 2.74 bits per heavy atom. The molecule has 0 spiro atoms. The molecule has 4 rings (SSSR count). The highest BCUT2D eigenvalue weighted by Gasteiger charge is 2.27. The van der Waals surface area contributed by atoms with Gasteiger partial charge in [-0.1, -0.05) is 19.9 Å². The largest absolute Gasteiger partial charge is 0.347 e. The molecule has 0 aliphatic carbocycles. The fourth-order valence-corrected chi connectivity index (χ4v) is 3.48. The van der Waals surface area contributed by atoms with Crippen molar-refractivity contribution in [2.75, 3.05) is 37.0 Å². The van der Waals surface area contributed by atoms with Crippen molar-refractivity contribution in [3.63, 3.8) is 0 Å². The fourth-order valence-electron chi connectivity index (χ4n) is 3.48. The van der Waals surface area contributed by atoms with Crippen molar-refractivity contribution >= 4 is 17.5 Å². The smallest absolute Gasteiger partial charge is 0.230 e. The maximum atomic E-state index is 4.75. The molecule has 142 valence electrons. The topological polar surface area (TPSA) is 75.3 Å². The van der Waals surface area contributed by atoms with Gasteiger partial charge >= 0.3 is 0 Å². The van der Waals surface area contributed by atoms with Crippen LogP contribution in [0.1, 0.15) is 50.2 Å². The summed E-state index contributed by atoms with van der Waals surface area (Å²) in [6.45, 7) is 6.01. The Morgan fingerprint density at radius 2 is 1.96 bits per heavy atom.